The van der Waals surface area contributed by atoms with Gasteiger partial charge in [0.1, 0.15) is 6.04 Å². The van der Waals surface area contributed by atoms with Crippen LogP contribution in [0.4, 0.5) is 0 Å². The summed E-state index contributed by atoms with van der Waals surface area (Å²) >= 11 is 0. The van der Waals surface area contributed by atoms with Gasteiger partial charge in [0.05, 0.1) is 6.10 Å². The van der Waals surface area contributed by atoms with Crippen molar-refractivity contribution in [1.82, 2.24) is 5.32 Å². The van der Waals surface area contributed by atoms with E-state index < -0.39 is 17.9 Å². The van der Waals surface area contributed by atoms with Gasteiger partial charge in [0.2, 0.25) is 5.91 Å². The molecule has 136 valence electrons. The van der Waals surface area contributed by atoms with Crippen molar-refractivity contribution < 1.29 is 19.8 Å². The van der Waals surface area contributed by atoms with Crippen LogP contribution in [-0.2, 0) is 9.59 Å². The highest BCUT2D eigenvalue weighted by atomic mass is 16.4. The maximum absolute atomic E-state index is 11.7. The molecule has 0 saturated carbocycles. The SMILES string of the molecule is CC(O)CCC/C=C/C=C/C(=O)NC(CCCN=C(N)N)C(=O)O. The van der Waals surface area contributed by atoms with E-state index in [0.717, 1.165) is 19.3 Å². The van der Waals surface area contributed by atoms with Gasteiger partial charge in [0.25, 0.3) is 0 Å². The zero-order valence-corrected chi connectivity index (χ0v) is 14.0. The Kier molecular flexibility index (Phi) is 11.8. The molecule has 0 aliphatic carbocycles. The van der Waals surface area contributed by atoms with Crippen LogP contribution in [0.25, 0.3) is 0 Å². The average Bonchev–Trinajstić information content (AvgIpc) is 2.48. The van der Waals surface area contributed by atoms with Gasteiger partial charge >= 0.3 is 5.97 Å². The van der Waals surface area contributed by atoms with E-state index in [-0.39, 0.29) is 18.5 Å². The van der Waals surface area contributed by atoms with Crippen molar-refractivity contribution in [2.24, 2.45) is 16.5 Å². The van der Waals surface area contributed by atoms with Gasteiger partial charge in [-0.05, 0) is 39.0 Å². The number of rotatable bonds is 12. The Balaban J connectivity index is 4.13. The second kappa shape index (κ2) is 13.1. The van der Waals surface area contributed by atoms with E-state index in [2.05, 4.69) is 10.3 Å². The monoisotopic (exact) mass is 340 g/mol. The lowest BCUT2D eigenvalue weighted by Gasteiger charge is -2.12. The topological polar surface area (TPSA) is 151 Å². The largest absolute Gasteiger partial charge is 0.480 e. The number of unbranched alkanes of at least 4 members (excludes halogenated alkanes) is 1. The first-order valence-electron chi connectivity index (χ1n) is 7.93. The first-order chi connectivity index (χ1) is 11.3. The number of carboxylic acid groups (broad SMARTS) is 1. The quantitative estimate of drug-likeness (QED) is 0.113. The fraction of sp³-hybridized carbons (Fsp3) is 0.562. The van der Waals surface area contributed by atoms with Gasteiger partial charge in [-0.1, -0.05) is 18.2 Å². The minimum Gasteiger partial charge on any atom is -0.480 e. The molecular weight excluding hydrogens is 312 g/mol. The van der Waals surface area contributed by atoms with Crippen molar-refractivity contribution in [2.75, 3.05) is 6.54 Å². The number of nitrogens with zero attached hydrogens (tertiary/aromatic N) is 1. The summed E-state index contributed by atoms with van der Waals surface area (Å²) in [5.74, 6) is -1.62. The van der Waals surface area contributed by atoms with Crippen LogP contribution >= 0.6 is 0 Å². The number of nitrogens with two attached hydrogens (primary N) is 2. The van der Waals surface area contributed by atoms with Crippen molar-refractivity contribution in [3.8, 4) is 0 Å². The van der Waals surface area contributed by atoms with Gasteiger partial charge in [-0.3, -0.25) is 9.79 Å². The van der Waals surface area contributed by atoms with Crippen LogP contribution in [0.1, 0.15) is 39.0 Å². The van der Waals surface area contributed by atoms with E-state index in [0.29, 0.717) is 13.0 Å². The number of hydrogen-bond donors (Lipinski definition) is 5. The second-order valence-corrected chi connectivity index (χ2v) is 5.42. The van der Waals surface area contributed by atoms with Gasteiger partial charge in [-0.15, -0.1) is 0 Å². The van der Waals surface area contributed by atoms with Crippen molar-refractivity contribution in [1.29, 1.82) is 0 Å². The predicted molar refractivity (Wildman–Crippen MR) is 93.3 cm³/mol. The Morgan fingerprint density at radius 2 is 1.92 bits per heavy atom. The molecule has 0 heterocycles. The third-order valence-corrected chi connectivity index (χ3v) is 3.05. The van der Waals surface area contributed by atoms with E-state index in [9.17, 15) is 9.59 Å². The number of carboxylic acids is 1. The van der Waals surface area contributed by atoms with Gasteiger partial charge < -0.3 is 27.0 Å². The van der Waals surface area contributed by atoms with E-state index in [1.54, 1.807) is 19.1 Å². The van der Waals surface area contributed by atoms with E-state index in [4.69, 9.17) is 21.7 Å². The molecule has 0 spiro atoms. The summed E-state index contributed by atoms with van der Waals surface area (Å²) in [6.07, 6.45) is 9.21. The summed E-state index contributed by atoms with van der Waals surface area (Å²) < 4.78 is 0. The molecule has 0 aromatic carbocycles. The lowest BCUT2D eigenvalue weighted by Crippen LogP contribution is -2.40. The maximum atomic E-state index is 11.7. The number of carbonyl (C=O) groups excluding carboxylic acids is 1. The third-order valence-electron chi connectivity index (χ3n) is 3.05. The number of amides is 1. The zero-order chi connectivity index (χ0) is 18.4. The minimum absolute atomic E-state index is 0.0472. The summed E-state index contributed by atoms with van der Waals surface area (Å²) in [6, 6.07) is -0.980. The van der Waals surface area contributed by atoms with Crippen LogP contribution < -0.4 is 16.8 Å². The number of hydrogen-bond acceptors (Lipinski definition) is 4. The molecule has 2 atom stereocenters. The van der Waals surface area contributed by atoms with Gasteiger partial charge in [-0.25, -0.2) is 4.79 Å². The number of aliphatic imine (C=N–C) groups is 1. The Labute approximate surface area is 142 Å². The van der Waals surface area contributed by atoms with Crippen LogP contribution in [0.3, 0.4) is 0 Å². The molecule has 0 bridgehead atoms. The Hall–Kier alpha value is -2.35. The Bertz CT molecular complexity index is 469. The highest BCUT2D eigenvalue weighted by Crippen LogP contribution is 2.01. The van der Waals surface area contributed by atoms with Crippen molar-refractivity contribution in [3.63, 3.8) is 0 Å². The summed E-state index contributed by atoms with van der Waals surface area (Å²) in [7, 11) is 0. The van der Waals surface area contributed by atoms with Crippen LogP contribution in [0.5, 0.6) is 0 Å². The van der Waals surface area contributed by atoms with Gasteiger partial charge in [-0.2, -0.15) is 0 Å². The molecule has 0 saturated heterocycles. The fourth-order valence-corrected chi connectivity index (χ4v) is 1.83. The molecule has 2 unspecified atom stereocenters. The van der Waals surface area contributed by atoms with E-state index in [1.807, 2.05) is 6.08 Å². The molecule has 0 aliphatic rings. The summed E-state index contributed by atoms with van der Waals surface area (Å²) in [4.78, 5) is 26.5. The van der Waals surface area contributed by atoms with E-state index >= 15 is 0 Å². The molecule has 8 heteroatoms. The van der Waals surface area contributed by atoms with Crippen LogP contribution in [0, 0.1) is 0 Å². The van der Waals surface area contributed by atoms with Crippen molar-refractivity contribution >= 4 is 17.8 Å². The molecule has 1 amide bonds. The lowest BCUT2D eigenvalue weighted by atomic mass is 10.1. The molecule has 8 nitrogen and oxygen atoms in total. The Morgan fingerprint density at radius 1 is 1.21 bits per heavy atom. The minimum atomic E-state index is -1.10. The third kappa shape index (κ3) is 13.3. The Morgan fingerprint density at radius 3 is 2.50 bits per heavy atom. The molecular formula is C16H28N4O4. The van der Waals surface area contributed by atoms with Crippen LogP contribution in [0.15, 0.2) is 29.3 Å². The predicted octanol–water partition coefficient (Wildman–Crippen LogP) is 0.273. The van der Waals surface area contributed by atoms with Crippen molar-refractivity contribution in [3.05, 3.63) is 24.3 Å². The highest BCUT2D eigenvalue weighted by Gasteiger charge is 2.17. The molecule has 0 aromatic rings. The summed E-state index contributed by atoms with van der Waals surface area (Å²) in [5, 5.41) is 20.6. The number of allylic oxidation sites excluding steroid dienone is 3. The number of aliphatic hydroxyl groups is 1. The number of aliphatic carboxylic acids is 1. The molecule has 0 aliphatic heterocycles. The number of guanidine groups is 1. The normalized spacial score (nSPS) is 13.8. The average molecular weight is 340 g/mol. The number of aliphatic hydroxyl groups excluding tert-OH is 1. The summed E-state index contributed by atoms with van der Waals surface area (Å²) in [6.45, 7) is 2.05. The maximum Gasteiger partial charge on any atom is 0.326 e. The first kappa shape index (κ1) is 21.6. The lowest BCUT2D eigenvalue weighted by molar-refractivity contribution is -0.141. The standard InChI is InChI=1S/C16H28N4O4/c1-12(21)8-5-3-2-4-6-10-14(22)20-13(15(23)24)9-7-11-19-16(17)18/h2,4,6,10,12-13,21H,3,5,7-9,11H2,1H3,(H,20,22)(H,23,24)(H4,17,18,19)/b4-2+,10-6+. The van der Waals surface area contributed by atoms with Crippen LogP contribution in [0.2, 0.25) is 0 Å². The van der Waals surface area contributed by atoms with Crippen LogP contribution in [-0.4, -0.2) is 46.7 Å². The summed E-state index contributed by atoms with van der Waals surface area (Å²) in [5.41, 5.74) is 10.4. The number of carbonyl (C=O) groups is 2. The van der Waals surface area contributed by atoms with E-state index in [1.165, 1.54) is 6.08 Å². The van der Waals surface area contributed by atoms with Gasteiger partial charge in [0, 0.05) is 12.6 Å². The first-order valence-corrected chi connectivity index (χ1v) is 7.93. The molecule has 7 N–H and O–H groups in total. The van der Waals surface area contributed by atoms with Gasteiger partial charge in [0.15, 0.2) is 5.96 Å². The molecule has 0 rings (SSSR count). The zero-order valence-electron chi connectivity index (χ0n) is 14.0. The molecule has 24 heavy (non-hydrogen) atoms. The molecule has 0 radical (unpaired) electrons. The fourth-order valence-electron chi connectivity index (χ4n) is 1.83. The second-order valence-electron chi connectivity index (χ2n) is 5.42. The smallest absolute Gasteiger partial charge is 0.326 e. The van der Waals surface area contributed by atoms with Crippen molar-refractivity contribution in [2.45, 2.75) is 51.2 Å². The molecule has 0 fully saturated rings. The molecule has 0 aromatic heterocycles. The number of nitrogens with one attached hydrogen (secondary N) is 1. The highest BCUT2D eigenvalue weighted by molar-refractivity contribution is 5.91.